The lowest BCUT2D eigenvalue weighted by atomic mass is 9.98. The monoisotopic (exact) mass is 245 g/mol. The molecule has 1 saturated heterocycles. The Balaban J connectivity index is 2.21. The lowest BCUT2D eigenvalue weighted by Gasteiger charge is -2.31. The maximum absolute atomic E-state index is 11.6. The van der Waals surface area contributed by atoms with Crippen LogP contribution in [0.3, 0.4) is 0 Å². The summed E-state index contributed by atoms with van der Waals surface area (Å²) in [4.78, 5) is 13.8. The number of hydrogen-bond acceptors (Lipinski definition) is 5. The smallest absolute Gasteiger partial charge is 0.310 e. The zero-order valence-corrected chi connectivity index (χ0v) is 10.6. The standard InChI is InChI=1S/C12H23NO4/c1-2-17-12(15)11-4-3-5-13(10-11)6-8-16-9-7-14/h11,14H,2-10H2,1H3/t11-/m1/s1. The Labute approximate surface area is 103 Å². The lowest BCUT2D eigenvalue weighted by molar-refractivity contribution is -0.150. The molecule has 0 unspecified atom stereocenters. The van der Waals surface area contributed by atoms with E-state index >= 15 is 0 Å². The molecule has 0 aromatic heterocycles. The van der Waals surface area contributed by atoms with Gasteiger partial charge in [-0.1, -0.05) is 0 Å². The third-order valence-electron chi connectivity index (χ3n) is 2.91. The van der Waals surface area contributed by atoms with E-state index in [1.54, 1.807) is 0 Å². The summed E-state index contributed by atoms with van der Waals surface area (Å²) < 4.78 is 10.3. The molecule has 100 valence electrons. The summed E-state index contributed by atoms with van der Waals surface area (Å²) in [6, 6.07) is 0. The van der Waals surface area contributed by atoms with Crippen molar-refractivity contribution in [2.75, 3.05) is 46.1 Å². The molecule has 1 heterocycles. The van der Waals surface area contributed by atoms with Crippen LogP contribution >= 0.6 is 0 Å². The van der Waals surface area contributed by atoms with Crippen molar-refractivity contribution in [3.63, 3.8) is 0 Å². The Kier molecular flexibility index (Phi) is 7.16. The zero-order chi connectivity index (χ0) is 12.5. The van der Waals surface area contributed by atoms with Gasteiger partial charge in [0.05, 0.1) is 32.3 Å². The zero-order valence-electron chi connectivity index (χ0n) is 10.6. The Bertz CT molecular complexity index is 223. The van der Waals surface area contributed by atoms with E-state index in [1.807, 2.05) is 6.92 Å². The van der Waals surface area contributed by atoms with Crippen LogP contribution in [-0.2, 0) is 14.3 Å². The second-order valence-electron chi connectivity index (χ2n) is 4.23. The molecule has 0 bridgehead atoms. The summed E-state index contributed by atoms with van der Waals surface area (Å²) in [5.74, 6) is -0.0602. The molecule has 1 fully saturated rings. The minimum Gasteiger partial charge on any atom is -0.466 e. The van der Waals surface area contributed by atoms with Crippen molar-refractivity contribution in [3.05, 3.63) is 0 Å². The van der Waals surface area contributed by atoms with Crippen molar-refractivity contribution in [1.29, 1.82) is 0 Å². The predicted molar refractivity (Wildman–Crippen MR) is 63.7 cm³/mol. The topological polar surface area (TPSA) is 59.0 Å². The molecule has 0 amide bonds. The average Bonchev–Trinajstić information content (AvgIpc) is 2.35. The molecule has 17 heavy (non-hydrogen) atoms. The van der Waals surface area contributed by atoms with Crippen LogP contribution in [0.4, 0.5) is 0 Å². The molecule has 1 atom stereocenters. The second kappa shape index (κ2) is 8.44. The average molecular weight is 245 g/mol. The number of nitrogens with zero attached hydrogens (tertiary/aromatic N) is 1. The number of hydrogen-bond donors (Lipinski definition) is 1. The van der Waals surface area contributed by atoms with E-state index in [0.717, 1.165) is 32.5 Å². The summed E-state index contributed by atoms with van der Waals surface area (Å²) in [6.45, 7) is 5.93. The number of carbonyl (C=O) groups excluding carboxylic acids is 1. The van der Waals surface area contributed by atoms with E-state index in [2.05, 4.69) is 4.90 Å². The largest absolute Gasteiger partial charge is 0.466 e. The van der Waals surface area contributed by atoms with Crippen molar-refractivity contribution in [1.82, 2.24) is 4.90 Å². The maximum Gasteiger partial charge on any atom is 0.310 e. The first kappa shape index (κ1) is 14.4. The molecule has 1 rings (SSSR count). The third-order valence-corrected chi connectivity index (χ3v) is 2.91. The van der Waals surface area contributed by atoms with Gasteiger partial charge < -0.3 is 19.5 Å². The molecule has 0 aromatic rings. The molecular formula is C12H23NO4. The number of ether oxygens (including phenoxy) is 2. The number of likely N-dealkylation sites (tertiary alicyclic amines) is 1. The van der Waals surface area contributed by atoms with E-state index in [0.29, 0.717) is 19.8 Å². The van der Waals surface area contributed by atoms with E-state index in [-0.39, 0.29) is 18.5 Å². The Morgan fingerprint density at radius 1 is 1.47 bits per heavy atom. The molecule has 0 spiro atoms. The lowest BCUT2D eigenvalue weighted by Crippen LogP contribution is -2.41. The van der Waals surface area contributed by atoms with Gasteiger partial charge in [0.15, 0.2) is 0 Å². The van der Waals surface area contributed by atoms with Crippen molar-refractivity contribution in [2.24, 2.45) is 5.92 Å². The SMILES string of the molecule is CCOC(=O)[C@@H]1CCCN(CCOCCO)C1. The summed E-state index contributed by atoms with van der Waals surface area (Å²) >= 11 is 0. The highest BCUT2D eigenvalue weighted by Crippen LogP contribution is 2.17. The van der Waals surface area contributed by atoms with Crippen LogP contribution in [-0.4, -0.2) is 62.0 Å². The number of esters is 1. The van der Waals surface area contributed by atoms with Crippen LogP contribution in [0.2, 0.25) is 0 Å². The summed E-state index contributed by atoms with van der Waals surface area (Å²) in [7, 11) is 0. The highest BCUT2D eigenvalue weighted by molar-refractivity contribution is 5.72. The molecule has 0 radical (unpaired) electrons. The summed E-state index contributed by atoms with van der Waals surface area (Å²) in [6.07, 6.45) is 1.95. The first-order valence-electron chi connectivity index (χ1n) is 6.35. The van der Waals surface area contributed by atoms with Gasteiger partial charge in [-0.15, -0.1) is 0 Å². The number of piperidine rings is 1. The molecule has 1 aliphatic heterocycles. The van der Waals surface area contributed by atoms with Gasteiger partial charge in [0, 0.05) is 13.1 Å². The number of aliphatic hydroxyl groups is 1. The van der Waals surface area contributed by atoms with Gasteiger partial charge in [-0.05, 0) is 26.3 Å². The molecular weight excluding hydrogens is 222 g/mol. The van der Waals surface area contributed by atoms with Gasteiger partial charge in [-0.25, -0.2) is 0 Å². The number of carbonyl (C=O) groups is 1. The molecule has 5 heteroatoms. The number of aliphatic hydroxyl groups excluding tert-OH is 1. The molecule has 1 aliphatic rings. The molecule has 1 N–H and O–H groups in total. The van der Waals surface area contributed by atoms with Crippen molar-refractivity contribution in [3.8, 4) is 0 Å². The van der Waals surface area contributed by atoms with Crippen LogP contribution in [0.15, 0.2) is 0 Å². The normalized spacial score (nSPS) is 21.4. The van der Waals surface area contributed by atoms with E-state index in [1.165, 1.54) is 0 Å². The van der Waals surface area contributed by atoms with Crippen LogP contribution in [0.5, 0.6) is 0 Å². The highest BCUT2D eigenvalue weighted by Gasteiger charge is 2.26. The summed E-state index contributed by atoms with van der Waals surface area (Å²) in [5, 5.41) is 8.58. The van der Waals surface area contributed by atoms with Gasteiger partial charge in [-0.2, -0.15) is 0 Å². The third kappa shape index (κ3) is 5.48. The Hall–Kier alpha value is -0.650. The minimum atomic E-state index is -0.0755. The van der Waals surface area contributed by atoms with Crippen molar-refractivity contribution >= 4 is 5.97 Å². The van der Waals surface area contributed by atoms with Gasteiger partial charge in [0.2, 0.25) is 0 Å². The van der Waals surface area contributed by atoms with Crippen LogP contribution in [0.25, 0.3) is 0 Å². The van der Waals surface area contributed by atoms with E-state index in [4.69, 9.17) is 14.6 Å². The van der Waals surface area contributed by atoms with Gasteiger partial charge in [0.1, 0.15) is 0 Å². The first-order chi connectivity index (χ1) is 8.27. The van der Waals surface area contributed by atoms with Crippen LogP contribution in [0.1, 0.15) is 19.8 Å². The minimum absolute atomic E-state index is 0.0153. The maximum atomic E-state index is 11.6. The molecule has 0 aromatic carbocycles. The molecule has 0 aliphatic carbocycles. The Morgan fingerprint density at radius 2 is 2.29 bits per heavy atom. The van der Waals surface area contributed by atoms with Gasteiger partial charge in [-0.3, -0.25) is 4.79 Å². The number of rotatable bonds is 7. The van der Waals surface area contributed by atoms with E-state index < -0.39 is 0 Å². The molecule has 5 nitrogen and oxygen atoms in total. The first-order valence-corrected chi connectivity index (χ1v) is 6.35. The quantitative estimate of drug-likeness (QED) is 0.515. The Morgan fingerprint density at radius 3 is 3.00 bits per heavy atom. The second-order valence-corrected chi connectivity index (χ2v) is 4.23. The van der Waals surface area contributed by atoms with Gasteiger partial charge in [0.25, 0.3) is 0 Å². The van der Waals surface area contributed by atoms with Crippen LogP contribution in [0, 0.1) is 5.92 Å². The fraction of sp³-hybridized carbons (Fsp3) is 0.917. The van der Waals surface area contributed by atoms with Gasteiger partial charge >= 0.3 is 5.97 Å². The van der Waals surface area contributed by atoms with Crippen molar-refractivity contribution in [2.45, 2.75) is 19.8 Å². The summed E-state index contributed by atoms with van der Waals surface area (Å²) in [5.41, 5.74) is 0. The fourth-order valence-electron chi connectivity index (χ4n) is 2.07. The predicted octanol–water partition coefficient (Wildman–Crippen LogP) is 0.270. The van der Waals surface area contributed by atoms with Crippen LogP contribution < -0.4 is 0 Å². The fourth-order valence-corrected chi connectivity index (χ4v) is 2.07. The molecule has 0 saturated carbocycles. The van der Waals surface area contributed by atoms with E-state index in [9.17, 15) is 4.79 Å². The highest BCUT2D eigenvalue weighted by atomic mass is 16.5. The van der Waals surface area contributed by atoms with Crippen molar-refractivity contribution < 1.29 is 19.4 Å².